The molecule has 0 saturated heterocycles. The molecule has 0 bridgehead atoms. The van der Waals surface area contributed by atoms with Crippen molar-refractivity contribution in [3.05, 3.63) is 84.9 Å². The zero-order valence-corrected chi connectivity index (χ0v) is 16.9. The number of rotatable bonds is 7. The number of carbonyl (C=O) groups is 1. The van der Waals surface area contributed by atoms with E-state index in [2.05, 4.69) is 5.32 Å². The van der Waals surface area contributed by atoms with Gasteiger partial charge in [0.2, 0.25) is 15.9 Å². The van der Waals surface area contributed by atoms with Gasteiger partial charge in [-0.25, -0.2) is 8.42 Å². The molecule has 0 radical (unpaired) electrons. The van der Waals surface area contributed by atoms with E-state index in [1.54, 1.807) is 36.4 Å². The molecule has 0 saturated carbocycles. The number of carbonyl (C=O) groups excluding carboxylic acids is 1. The largest absolute Gasteiger partial charge is 0.323 e. The summed E-state index contributed by atoms with van der Waals surface area (Å²) in [7, 11) is -3.60. The minimum atomic E-state index is -3.60. The van der Waals surface area contributed by atoms with Crippen molar-refractivity contribution in [3.63, 3.8) is 0 Å². The highest BCUT2D eigenvalue weighted by Gasteiger charge is 2.21. The number of benzene rings is 3. The van der Waals surface area contributed by atoms with Crippen molar-refractivity contribution in [3.8, 4) is 0 Å². The number of para-hydroxylation sites is 2. The lowest BCUT2D eigenvalue weighted by Gasteiger charge is -2.22. The Hall–Kier alpha value is -2.77. The van der Waals surface area contributed by atoms with Gasteiger partial charge in [-0.2, -0.15) is 0 Å². The second-order valence-electron chi connectivity index (χ2n) is 6.06. The number of anilines is 2. The highest BCUT2D eigenvalue weighted by Crippen LogP contribution is 2.33. The molecule has 0 aromatic heterocycles. The molecule has 1 amide bonds. The summed E-state index contributed by atoms with van der Waals surface area (Å²) >= 11 is 1.53. The van der Waals surface area contributed by atoms with Crippen molar-refractivity contribution in [2.24, 2.45) is 0 Å². The van der Waals surface area contributed by atoms with Gasteiger partial charge in [-0.3, -0.25) is 9.10 Å². The Kier molecular flexibility index (Phi) is 6.38. The molecule has 3 rings (SSSR count). The minimum absolute atomic E-state index is 0.298. The molecular weight excluding hydrogens is 392 g/mol. The van der Waals surface area contributed by atoms with Gasteiger partial charge in [0.05, 0.1) is 17.6 Å². The monoisotopic (exact) mass is 412 g/mol. The molecule has 0 fully saturated rings. The standard InChI is InChI=1S/C21H20N2O3S2/c1-28(25,26)23(17-10-4-2-5-11-17)16-21(24)22-19-14-8-9-15-20(19)27-18-12-6-3-7-13-18/h2-15H,16H2,1H3,(H,22,24). The normalized spacial score (nSPS) is 11.0. The fourth-order valence-corrected chi connectivity index (χ4v) is 4.37. The highest BCUT2D eigenvalue weighted by atomic mass is 32.2. The Balaban J connectivity index is 1.77. The summed E-state index contributed by atoms with van der Waals surface area (Å²) < 4.78 is 25.4. The van der Waals surface area contributed by atoms with Crippen LogP contribution in [-0.4, -0.2) is 27.1 Å². The molecule has 7 heteroatoms. The van der Waals surface area contributed by atoms with E-state index >= 15 is 0 Å². The van der Waals surface area contributed by atoms with E-state index in [9.17, 15) is 13.2 Å². The van der Waals surface area contributed by atoms with Gasteiger partial charge < -0.3 is 5.32 Å². The first-order valence-electron chi connectivity index (χ1n) is 8.58. The lowest BCUT2D eigenvalue weighted by molar-refractivity contribution is -0.114. The van der Waals surface area contributed by atoms with Gasteiger partial charge >= 0.3 is 0 Å². The second kappa shape index (κ2) is 8.95. The van der Waals surface area contributed by atoms with Crippen LogP contribution in [-0.2, 0) is 14.8 Å². The predicted molar refractivity (Wildman–Crippen MR) is 114 cm³/mol. The number of hydrogen-bond donors (Lipinski definition) is 1. The number of nitrogens with one attached hydrogen (secondary N) is 1. The smallest absolute Gasteiger partial charge is 0.245 e. The third-order valence-electron chi connectivity index (χ3n) is 3.86. The first-order valence-corrected chi connectivity index (χ1v) is 11.2. The van der Waals surface area contributed by atoms with Gasteiger partial charge in [0.15, 0.2) is 0 Å². The van der Waals surface area contributed by atoms with Crippen LogP contribution in [0.2, 0.25) is 0 Å². The van der Waals surface area contributed by atoms with E-state index < -0.39 is 15.9 Å². The lowest BCUT2D eigenvalue weighted by Crippen LogP contribution is -2.37. The third-order valence-corrected chi connectivity index (χ3v) is 6.09. The number of sulfonamides is 1. The van der Waals surface area contributed by atoms with Crippen LogP contribution in [0.1, 0.15) is 0 Å². The molecule has 0 spiro atoms. The molecule has 0 aliphatic heterocycles. The number of hydrogen-bond acceptors (Lipinski definition) is 4. The fraction of sp³-hybridized carbons (Fsp3) is 0.0952. The molecule has 1 N–H and O–H groups in total. The van der Waals surface area contributed by atoms with Crippen molar-refractivity contribution in [1.29, 1.82) is 0 Å². The topological polar surface area (TPSA) is 66.5 Å². The third kappa shape index (κ3) is 5.37. The Morgan fingerprint density at radius 2 is 1.46 bits per heavy atom. The second-order valence-corrected chi connectivity index (χ2v) is 9.09. The molecule has 0 heterocycles. The van der Waals surface area contributed by atoms with Gasteiger partial charge in [-0.05, 0) is 36.4 Å². The van der Waals surface area contributed by atoms with E-state index in [4.69, 9.17) is 0 Å². The molecule has 0 aliphatic carbocycles. The van der Waals surface area contributed by atoms with Crippen molar-refractivity contribution in [1.82, 2.24) is 0 Å². The predicted octanol–water partition coefficient (Wildman–Crippen LogP) is 4.24. The SMILES string of the molecule is CS(=O)(=O)N(CC(=O)Nc1ccccc1Sc1ccccc1)c1ccccc1. The van der Waals surface area contributed by atoms with Crippen LogP contribution >= 0.6 is 11.8 Å². The summed E-state index contributed by atoms with van der Waals surface area (Å²) in [6, 6.07) is 25.9. The molecule has 3 aromatic carbocycles. The quantitative estimate of drug-likeness (QED) is 0.630. The van der Waals surface area contributed by atoms with Crippen LogP contribution < -0.4 is 9.62 Å². The molecule has 0 unspecified atom stereocenters. The first-order chi connectivity index (χ1) is 13.4. The maximum absolute atomic E-state index is 12.6. The van der Waals surface area contributed by atoms with E-state index in [-0.39, 0.29) is 6.54 Å². The molecular formula is C21H20N2O3S2. The summed E-state index contributed by atoms with van der Waals surface area (Å²) in [5.74, 6) is -0.407. The lowest BCUT2D eigenvalue weighted by atomic mass is 10.3. The van der Waals surface area contributed by atoms with Gasteiger partial charge in [0.1, 0.15) is 6.54 Å². The van der Waals surface area contributed by atoms with Gasteiger partial charge in [-0.15, -0.1) is 0 Å². The van der Waals surface area contributed by atoms with Crippen LogP contribution in [0.5, 0.6) is 0 Å². The Morgan fingerprint density at radius 1 is 0.893 bits per heavy atom. The van der Waals surface area contributed by atoms with Crippen molar-refractivity contribution in [2.75, 3.05) is 22.4 Å². The summed E-state index contributed by atoms with van der Waals surface area (Å²) in [5, 5.41) is 2.84. The van der Waals surface area contributed by atoms with E-state index in [0.29, 0.717) is 11.4 Å². The fourth-order valence-electron chi connectivity index (χ4n) is 2.59. The number of nitrogens with zero attached hydrogens (tertiary/aromatic N) is 1. The first kappa shape index (κ1) is 20.0. The summed E-state index contributed by atoms with van der Waals surface area (Å²) in [6.45, 7) is -0.298. The molecule has 5 nitrogen and oxygen atoms in total. The molecule has 28 heavy (non-hydrogen) atoms. The van der Waals surface area contributed by atoms with E-state index in [1.807, 2.05) is 48.5 Å². The maximum atomic E-state index is 12.6. The van der Waals surface area contributed by atoms with Crippen LogP contribution in [0.3, 0.4) is 0 Å². The van der Waals surface area contributed by atoms with Crippen LogP contribution in [0.4, 0.5) is 11.4 Å². The van der Waals surface area contributed by atoms with Gasteiger partial charge in [0.25, 0.3) is 0 Å². The zero-order valence-electron chi connectivity index (χ0n) is 15.3. The van der Waals surface area contributed by atoms with Gasteiger partial charge in [0, 0.05) is 9.79 Å². The summed E-state index contributed by atoms with van der Waals surface area (Å²) in [6.07, 6.45) is 1.09. The van der Waals surface area contributed by atoms with Crippen molar-refractivity contribution in [2.45, 2.75) is 9.79 Å². The molecule has 0 atom stereocenters. The highest BCUT2D eigenvalue weighted by molar-refractivity contribution is 7.99. The maximum Gasteiger partial charge on any atom is 0.245 e. The van der Waals surface area contributed by atoms with Crippen LogP contribution in [0, 0.1) is 0 Å². The Morgan fingerprint density at radius 3 is 2.11 bits per heavy atom. The van der Waals surface area contributed by atoms with Crippen molar-refractivity contribution < 1.29 is 13.2 Å². The van der Waals surface area contributed by atoms with Crippen LogP contribution in [0.15, 0.2) is 94.7 Å². The zero-order chi connectivity index (χ0) is 20.0. The van der Waals surface area contributed by atoms with Crippen LogP contribution in [0.25, 0.3) is 0 Å². The van der Waals surface area contributed by atoms with Crippen molar-refractivity contribution >= 4 is 39.1 Å². The Labute approximate surface area is 169 Å². The average molecular weight is 413 g/mol. The van der Waals surface area contributed by atoms with E-state index in [0.717, 1.165) is 20.4 Å². The summed E-state index contributed by atoms with van der Waals surface area (Å²) in [4.78, 5) is 14.6. The summed E-state index contributed by atoms with van der Waals surface area (Å²) in [5.41, 5.74) is 1.09. The average Bonchev–Trinajstić information content (AvgIpc) is 2.68. The van der Waals surface area contributed by atoms with Gasteiger partial charge in [-0.1, -0.05) is 60.3 Å². The molecule has 0 aliphatic rings. The minimum Gasteiger partial charge on any atom is -0.323 e. The Bertz CT molecular complexity index is 1040. The molecule has 3 aromatic rings. The number of amides is 1. The van der Waals surface area contributed by atoms with E-state index in [1.165, 1.54) is 11.8 Å². The molecule has 144 valence electrons.